The number of hydrogen-bond acceptors (Lipinski definition) is 4. The summed E-state index contributed by atoms with van der Waals surface area (Å²) in [5.41, 5.74) is 4.83. The highest BCUT2D eigenvalue weighted by atomic mass is 16.5. The molecular weight excluding hydrogens is 218 g/mol. The fourth-order valence-corrected chi connectivity index (χ4v) is 0.877. The number of carbonyl (C=O) groups is 3. The van der Waals surface area contributed by atoms with Gasteiger partial charge >= 0.3 is 12.0 Å². The molecule has 0 spiro atoms. The van der Waals surface area contributed by atoms with Crippen LogP contribution in [0.4, 0.5) is 4.79 Å². The summed E-state index contributed by atoms with van der Waals surface area (Å²) in [6.07, 6.45) is -0.451. The van der Waals surface area contributed by atoms with Gasteiger partial charge in [-0.3, -0.25) is 4.79 Å². The fraction of sp³-hybridized carbons (Fsp3) is 0.625. The number of amides is 3. The van der Waals surface area contributed by atoms with E-state index in [1.165, 1.54) is 7.11 Å². The Kier molecular flexibility index (Phi) is 6.61. The summed E-state index contributed by atoms with van der Waals surface area (Å²) in [6, 6.07) is -2.01. The average Bonchev–Trinajstić information content (AvgIpc) is 2.16. The molecule has 5 N–H and O–H groups in total. The number of ether oxygens (including phenoxy) is 1. The van der Waals surface area contributed by atoms with Crippen molar-refractivity contribution >= 4 is 17.9 Å². The Bertz CT molecular complexity index is 268. The molecule has 8 heteroatoms. The molecule has 92 valence electrons. The Labute approximate surface area is 92.1 Å². The van der Waals surface area contributed by atoms with Crippen LogP contribution in [0, 0.1) is 0 Å². The molecule has 0 radical (unpaired) electrons. The number of carbonyl (C=O) groups excluding carboxylic acids is 2. The van der Waals surface area contributed by atoms with Gasteiger partial charge in [-0.15, -0.1) is 0 Å². The van der Waals surface area contributed by atoms with Crippen molar-refractivity contribution < 1.29 is 24.2 Å². The zero-order chi connectivity index (χ0) is 12.6. The lowest BCUT2D eigenvalue weighted by Gasteiger charge is -2.13. The quantitative estimate of drug-likeness (QED) is 0.388. The summed E-state index contributed by atoms with van der Waals surface area (Å²) in [4.78, 5) is 32.3. The van der Waals surface area contributed by atoms with E-state index in [4.69, 9.17) is 10.8 Å². The van der Waals surface area contributed by atoms with Crippen molar-refractivity contribution in [1.29, 1.82) is 0 Å². The van der Waals surface area contributed by atoms with Crippen molar-refractivity contribution in [3.63, 3.8) is 0 Å². The number of methoxy groups -OCH3 is 1. The van der Waals surface area contributed by atoms with E-state index in [0.717, 1.165) is 0 Å². The molecule has 0 heterocycles. The number of urea groups is 1. The summed E-state index contributed by atoms with van der Waals surface area (Å²) in [7, 11) is 1.47. The largest absolute Gasteiger partial charge is 0.480 e. The SMILES string of the molecule is COCCNC(=O)N[C@@H](CC(N)=O)C(=O)O. The van der Waals surface area contributed by atoms with Crippen molar-refractivity contribution in [1.82, 2.24) is 10.6 Å². The number of hydrogen-bond donors (Lipinski definition) is 4. The average molecular weight is 233 g/mol. The van der Waals surface area contributed by atoms with E-state index in [1.807, 2.05) is 0 Å². The maximum atomic E-state index is 11.1. The molecule has 0 unspecified atom stereocenters. The smallest absolute Gasteiger partial charge is 0.326 e. The lowest BCUT2D eigenvalue weighted by atomic mass is 10.2. The van der Waals surface area contributed by atoms with Crippen molar-refractivity contribution in [2.24, 2.45) is 5.73 Å². The maximum absolute atomic E-state index is 11.1. The Morgan fingerprint density at radius 1 is 1.44 bits per heavy atom. The van der Waals surface area contributed by atoms with Crippen LogP contribution in [0.2, 0.25) is 0 Å². The molecule has 3 amide bonds. The molecule has 0 aliphatic rings. The molecule has 16 heavy (non-hydrogen) atoms. The molecule has 0 fully saturated rings. The highest BCUT2D eigenvalue weighted by Gasteiger charge is 2.21. The number of nitrogens with one attached hydrogen (secondary N) is 2. The Hall–Kier alpha value is -1.83. The molecule has 0 aliphatic heterocycles. The summed E-state index contributed by atoms with van der Waals surface area (Å²) in [5.74, 6) is -2.12. The van der Waals surface area contributed by atoms with E-state index in [9.17, 15) is 14.4 Å². The van der Waals surface area contributed by atoms with Gasteiger partial charge in [-0.05, 0) is 0 Å². The van der Waals surface area contributed by atoms with Crippen LogP contribution >= 0.6 is 0 Å². The molecule has 0 saturated heterocycles. The third-order valence-electron chi connectivity index (χ3n) is 1.60. The monoisotopic (exact) mass is 233 g/mol. The third kappa shape index (κ3) is 6.60. The topological polar surface area (TPSA) is 131 Å². The minimum absolute atomic E-state index is 0.241. The zero-order valence-corrected chi connectivity index (χ0v) is 8.86. The Morgan fingerprint density at radius 2 is 2.06 bits per heavy atom. The van der Waals surface area contributed by atoms with Crippen LogP contribution in [-0.4, -0.2) is 49.3 Å². The standard InChI is InChI=1S/C8H15N3O5/c1-16-3-2-10-8(15)11-5(7(13)14)4-6(9)12/h5H,2-4H2,1H3,(H2,9,12)(H,13,14)(H2,10,11,15)/t5-/m0/s1. The first-order valence-electron chi connectivity index (χ1n) is 4.51. The van der Waals surface area contributed by atoms with E-state index in [2.05, 4.69) is 15.4 Å². The predicted molar refractivity (Wildman–Crippen MR) is 53.6 cm³/mol. The van der Waals surface area contributed by atoms with Crippen LogP contribution in [0.15, 0.2) is 0 Å². The van der Waals surface area contributed by atoms with E-state index in [1.54, 1.807) is 0 Å². The molecule has 0 bridgehead atoms. The van der Waals surface area contributed by atoms with Crippen LogP contribution in [-0.2, 0) is 14.3 Å². The van der Waals surface area contributed by atoms with Crippen molar-refractivity contribution in [3.8, 4) is 0 Å². The number of nitrogens with two attached hydrogens (primary N) is 1. The molecule has 0 saturated carbocycles. The van der Waals surface area contributed by atoms with Gasteiger partial charge in [0.25, 0.3) is 0 Å². The lowest BCUT2D eigenvalue weighted by molar-refractivity contribution is -0.140. The summed E-state index contributed by atoms with van der Waals surface area (Å²) >= 11 is 0. The molecule has 0 aliphatic carbocycles. The summed E-state index contributed by atoms with van der Waals surface area (Å²) < 4.78 is 4.68. The Morgan fingerprint density at radius 3 is 2.50 bits per heavy atom. The summed E-state index contributed by atoms with van der Waals surface area (Å²) in [6.45, 7) is 0.548. The first-order valence-corrected chi connectivity index (χ1v) is 4.51. The van der Waals surface area contributed by atoms with E-state index < -0.39 is 30.4 Å². The van der Waals surface area contributed by atoms with Gasteiger partial charge in [0, 0.05) is 13.7 Å². The van der Waals surface area contributed by atoms with E-state index in [-0.39, 0.29) is 6.54 Å². The highest BCUT2D eigenvalue weighted by molar-refractivity contribution is 5.87. The number of aliphatic carboxylic acids is 1. The molecule has 0 aromatic carbocycles. The van der Waals surface area contributed by atoms with Crippen molar-refractivity contribution in [2.75, 3.05) is 20.3 Å². The highest BCUT2D eigenvalue weighted by Crippen LogP contribution is 1.91. The number of carboxylic acid groups (broad SMARTS) is 1. The van der Waals surface area contributed by atoms with Crippen LogP contribution in [0.3, 0.4) is 0 Å². The molecule has 1 atom stereocenters. The van der Waals surface area contributed by atoms with Gasteiger partial charge in [0.05, 0.1) is 13.0 Å². The van der Waals surface area contributed by atoms with Gasteiger partial charge in [-0.2, -0.15) is 0 Å². The molecule has 0 aromatic rings. The number of primary amides is 1. The minimum Gasteiger partial charge on any atom is -0.480 e. The predicted octanol–water partition coefficient (Wildman–Crippen LogP) is -1.74. The maximum Gasteiger partial charge on any atom is 0.326 e. The van der Waals surface area contributed by atoms with Crippen LogP contribution in [0.1, 0.15) is 6.42 Å². The van der Waals surface area contributed by atoms with Gasteiger partial charge < -0.3 is 26.2 Å². The Balaban J connectivity index is 4.03. The lowest BCUT2D eigenvalue weighted by Crippen LogP contribution is -2.48. The fourth-order valence-electron chi connectivity index (χ4n) is 0.877. The zero-order valence-electron chi connectivity index (χ0n) is 8.86. The van der Waals surface area contributed by atoms with E-state index >= 15 is 0 Å². The van der Waals surface area contributed by atoms with Crippen molar-refractivity contribution in [3.05, 3.63) is 0 Å². The minimum atomic E-state index is -1.32. The second kappa shape index (κ2) is 7.46. The van der Waals surface area contributed by atoms with Gasteiger partial charge in [0.2, 0.25) is 5.91 Å². The van der Waals surface area contributed by atoms with Gasteiger partial charge in [-0.25, -0.2) is 9.59 Å². The second-order valence-electron chi connectivity index (χ2n) is 2.95. The molecule has 0 rings (SSSR count). The van der Waals surface area contributed by atoms with Crippen LogP contribution < -0.4 is 16.4 Å². The first kappa shape index (κ1) is 14.2. The number of rotatable bonds is 7. The molecule has 0 aromatic heterocycles. The molecule has 8 nitrogen and oxygen atoms in total. The van der Waals surface area contributed by atoms with Gasteiger partial charge in [-0.1, -0.05) is 0 Å². The normalized spacial score (nSPS) is 11.6. The van der Waals surface area contributed by atoms with E-state index in [0.29, 0.717) is 6.61 Å². The number of carboxylic acids is 1. The van der Waals surface area contributed by atoms with Crippen LogP contribution in [0.5, 0.6) is 0 Å². The first-order chi connectivity index (χ1) is 7.47. The van der Waals surface area contributed by atoms with Crippen LogP contribution in [0.25, 0.3) is 0 Å². The summed E-state index contributed by atoms with van der Waals surface area (Å²) in [5, 5.41) is 13.1. The second-order valence-corrected chi connectivity index (χ2v) is 2.95. The van der Waals surface area contributed by atoms with Gasteiger partial charge in [0.1, 0.15) is 6.04 Å². The third-order valence-corrected chi connectivity index (χ3v) is 1.60. The van der Waals surface area contributed by atoms with Crippen molar-refractivity contribution in [2.45, 2.75) is 12.5 Å². The van der Waals surface area contributed by atoms with Gasteiger partial charge in [0.15, 0.2) is 0 Å². The molecular formula is C8H15N3O5.